The number of primary amides is 2. The lowest BCUT2D eigenvalue weighted by atomic mass is 9.67. The fourth-order valence-electron chi connectivity index (χ4n) is 7.00. The van der Waals surface area contributed by atoms with Gasteiger partial charge in [0.2, 0.25) is 17.7 Å². The fraction of sp³-hybridized carbons (Fsp3) is 0.314. The number of hydrogen-bond donors (Lipinski definition) is 4. The van der Waals surface area contributed by atoms with Crippen LogP contribution in [0.3, 0.4) is 0 Å². The van der Waals surface area contributed by atoms with Gasteiger partial charge in [0.15, 0.2) is 5.82 Å². The highest BCUT2D eigenvalue weighted by atomic mass is 19.1. The first-order valence-electron chi connectivity index (χ1n) is 15.6. The number of nitrogens with zero attached hydrogens (tertiary/aromatic N) is 4. The quantitative estimate of drug-likeness (QED) is 0.218. The van der Waals surface area contributed by atoms with E-state index in [0.29, 0.717) is 60.6 Å². The van der Waals surface area contributed by atoms with Crippen LogP contribution < -0.4 is 16.8 Å². The first-order chi connectivity index (χ1) is 22.6. The van der Waals surface area contributed by atoms with E-state index in [1.165, 1.54) is 12.1 Å². The summed E-state index contributed by atoms with van der Waals surface area (Å²) in [6.45, 7) is 2.55. The zero-order chi connectivity index (χ0) is 33.3. The number of halogens is 1. The van der Waals surface area contributed by atoms with Gasteiger partial charge >= 0.3 is 0 Å². The number of carbonyl (C=O) groups is 3. The summed E-state index contributed by atoms with van der Waals surface area (Å²) in [6, 6.07) is 18.1. The van der Waals surface area contributed by atoms with E-state index in [1.807, 2.05) is 19.1 Å². The van der Waals surface area contributed by atoms with Gasteiger partial charge in [0.1, 0.15) is 17.7 Å². The molecule has 11 nitrogen and oxygen atoms in total. The molecule has 6 rings (SSSR count). The Bertz CT molecular complexity index is 1830. The number of likely N-dealkylation sites (tertiary alicyclic amines) is 1. The highest BCUT2D eigenvalue weighted by Gasteiger charge is 2.45. The normalized spacial score (nSPS) is 17.2. The average molecular weight is 635 g/mol. The molecule has 240 valence electrons. The van der Waals surface area contributed by atoms with Crippen LogP contribution in [0.4, 0.5) is 4.39 Å². The fourth-order valence-corrected chi connectivity index (χ4v) is 7.00. The lowest BCUT2D eigenvalue weighted by Crippen LogP contribution is -2.45. The number of aromatic amines is 1. The number of nitrogens with two attached hydrogens (primary N) is 2. The second-order valence-electron chi connectivity index (χ2n) is 12.3. The van der Waals surface area contributed by atoms with Crippen molar-refractivity contribution in [3.05, 3.63) is 106 Å². The highest BCUT2D eigenvalue weighted by molar-refractivity contribution is 5.94. The maximum atomic E-state index is 13.8. The Morgan fingerprint density at radius 1 is 1.04 bits per heavy atom. The number of nitrogens with one attached hydrogen (secondary N) is 2. The van der Waals surface area contributed by atoms with Crippen molar-refractivity contribution in [3.8, 4) is 17.5 Å². The number of amides is 3. The standard InChI is InChI=1S/C35H35FN8O3/c1-20(40-19-30(45)44-14-2-3-27(44)18-37)17-35(34-41-33(42-43-34)21-6-10-26(36)11-7-21)28-12-8-24(31(38)46)15-22(28)4-5-23-16-25(32(39)47)9-13-29(23)35/h6-13,15-16,20,27,40H,2-5,14,17,19H2,1H3,(H2,38,46)(H2,39,47)(H,41,42,43)/t20-,27-/m0/s1. The first-order valence-corrected chi connectivity index (χ1v) is 15.6. The van der Waals surface area contributed by atoms with Crippen LogP contribution in [0.2, 0.25) is 0 Å². The molecule has 12 heteroatoms. The van der Waals surface area contributed by atoms with Gasteiger partial charge in [-0.05, 0) is 110 Å². The molecule has 0 spiro atoms. The van der Waals surface area contributed by atoms with Crippen LogP contribution in [0.25, 0.3) is 11.4 Å². The van der Waals surface area contributed by atoms with Crippen molar-refractivity contribution >= 4 is 17.7 Å². The van der Waals surface area contributed by atoms with Crippen LogP contribution >= 0.6 is 0 Å². The molecule has 6 N–H and O–H groups in total. The van der Waals surface area contributed by atoms with Crippen LogP contribution in [0.1, 0.15) is 75.0 Å². The van der Waals surface area contributed by atoms with Crippen molar-refractivity contribution < 1.29 is 18.8 Å². The van der Waals surface area contributed by atoms with E-state index in [9.17, 15) is 24.0 Å². The number of H-pyrrole nitrogens is 1. The predicted molar refractivity (Wildman–Crippen MR) is 171 cm³/mol. The van der Waals surface area contributed by atoms with Gasteiger partial charge in [-0.1, -0.05) is 12.1 Å². The van der Waals surface area contributed by atoms with Crippen LogP contribution in [0.5, 0.6) is 0 Å². The van der Waals surface area contributed by atoms with Crippen molar-refractivity contribution in [3.63, 3.8) is 0 Å². The second kappa shape index (κ2) is 12.8. The molecule has 0 unspecified atom stereocenters. The van der Waals surface area contributed by atoms with Crippen molar-refractivity contribution in [2.75, 3.05) is 13.1 Å². The number of benzene rings is 3. The summed E-state index contributed by atoms with van der Waals surface area (Å²) in [6.07, 6.45) is 2.91. The Morgan fingerprint density at radius 3 is 2.23 bits per heavy atom. The molecule has 4 aromatic rings. The zero-order valence-corrected chi connectivity index (χ0v) is 25.9. The molecule has 3 aromatic carbocycles. The number of carbonyl (C=O) groups excluding carboxylic acids is 3. The third-order valence-electron chi connectivity index (χ3n) is 9.29. The molecule has 47 heavy (non-hydrogen) atoms. The van der Waals surface area contributed by atoms with E-state index >= 15 is 0 Å². The average Bonchev–Trinajstić information content (AvgIpc) is 3.74. The second-order valence-corrected chi connectivity index (χ2v) is 12.3. The van der Waals surface area contributed by atoms with E-state index < -0.39 is 23.3 Å². The molecule has 0 bridgehead atoms. The Labute approximate surface area is 271 Å². The molecular formula is C35H35FN8O3. The first kappa shape index (κ1) is 31.6. The minimum absolute atomic E-state index is 0.0353. The van der Waals surface area contributed by atoms with Gasteiger partial charge in [0.05, 0.1) is 18.0 Å². The maximum absolute atomic E-state index is 13.8. The Hall–Kier alpha value is -5.41. The minimum Gasteiger partial charge on any atom is -0.366 e. The molecule has 1 aliphatic carbocycles. The Morgan fingerprint density at radius 2 is 1.66 bits per heavy atom. The summed E-state index contributed by atoms with van der Waals surface area (Å²) in [5.41, 5.74) is 15.2. The van der Waals surface area contributed by atoms with Crippen LogP contribution in [0, 0.1) is 17.1 Å². The summed E-state index contributed by atoms with van der Waals surface area (Å²) in [5, 5.41) is 20.6. The van der Waals surface area contributed by atoms with Gasteiger partial charge in [-0.2, -0.15) is 10.4 Å². The number of fused-ring (bicyclic) bond motifs is 2. The molecule has 3 amide bonds. The predicted octanol–water partition coefficient (Wildman–Crippen LogP) is 3.12. The summed E-state index contributed by atoms with van der Waals surface area (Å²) >= 11 is 0. The molecule has 2 heterocycles. The van der Waals surface area contributed by atoms with E-state index in [1.54, 1.807) is 41.3 Å². The molecular weight excluding hydrogens is 599 g/mol. The Kier molecular flexibility index (Phi) is 8.58. The molecule has 1 aromatic heterocycles. The molecule has 0 saturated carbocycles. The van der Waals surface area contributed by atoms with Crippen molar-refractivity contribution in [1.82, 2.24) is 25.4 Å². The number of aryl methyl sites for hydroxylation is 2. The van der Waals surface area contributed by atoms with Gasteiger partial charge in [-0.3, -0.25) is 19.5 Å². The Balaban J connectivity index is 1.49. The lowest BCUT2D eigenvalue weighted by molar-refractivity contribution is -0.130. The summed E-state index contributed by atoms with van der Waals surface area (Å²) in [7, 11) is 0. The van der Waals surface area contributed by atoms with Crippen LogP contribution in [-0.4, -0.2) is 63.0 Å². The molecule has 2 atom stereocenters. The highest BCUT2D eigenvalue weighted by Crippen LogP contribution is 2.47. The lowest BCUT2D eigenvalue weighted by Gasteiger charge is -2.37. The van der Waals surface area contributed by atoms with E-state index in [0.717, 1.165) is 28.7 Å². The van der Waals surface area contributed by atoms with Gasteiger partial charge in [-0.15, -0.1) is 0 Å². The van der Waals surface area contributed by atoms with Crippen molar-refractivity contribution in [1.29, 1.82) is 5.26 Å². The van der Waals surface area contributed by atoms with Crippen molar-refractivity contribution in [2.45, 2.75) is 56.5 Å². The van der Waals surface area contributed by atoms with E-state index in [4.69, 9.17) is 16.5 Å². The number of rotatable bonds is 9. The van der Waals surface area contributed by atoms with Gasteiger partial charge in [-0.25, -0.2) is 9.37 Å². The third-order valence-corrected chi connectivity index (χ3v) is 9.29. The third kappa shape index (κ3) is 5.97. The number of aromatic nitrogens is 3. The van der Waals surface area contributed by atoms with E-state index in [-0.39, 0.29) is 24.3 Å². The van der Waals surface area contributed by atoms with Gasteiger partial charge < -0.3 is 21.7 Å². The molecule has 1 fully saturated rings. The van der Waals surface area contributed by atoms with E-state index in [2.05, 4.69) is 21.6 Å². The maximum Gasteiger partial charge on any atom is 0.248 e. The zero-order valence-electron chi connectivity index (χ0n) is 25.9. The molecule has 1 saturated heterocycles. The molecule has 0 radical (unpaired) electrons. The SMILES string of the molecule is C[C@@H](CC1(c2nc(-c3ccc(F)cc3)n[nH]2)c2ccc(C(N)=O)cc2CCc2cc(C(N)=O)ccc21)NCC(=O)N1CCC[C@H]1C#N. The summed E-state index contributed by atoms with van der Waals surface area (Å²) < 4.78 is 13.8. The van der Waals surface area contributed by atoms with Crippen molar-refractivity contribution in [2.24, 2.45) is 11.5 Å². The van der Waals surface area contributed by atoms with Crippen LogP contribution in [0.15, 0.2) is 60.7 Å². The molecule has 1 aliphatic heterocycles. The monoisotopic (exact) mass is 634 g/mol. The van der Waals surface area contributed by atoms with Crippen LogP contribution in [-0.2, 0) is 23.1 Å². The number of nitriles is 1. The minimum atomic E-state index is -1.02. The van der Waals surface area contributed by atoms with Gasteiger partial charge in [0, 0.05) is 29.3 Å². The smallest absolute Gasteiger partial charge is 0.248 e. The topological polar surface area (TPSA) is 184 Å². The summed E-state index contributed by atoms with van der Waals surface area (Å²) in [5.74, 6) is -0.786. The number of hydrogen-bond acceptors (Lipinski definition) is 7. The summed E-state index contributed by atoms with van der Waals surface area (Å²) in [4.78, 5) is 44.3. The van der Waals surface area contributed by atoms with Gasteiger partial charge in [0.25, 0.3) is 0 Å². The molecule has 2 aliphatic rings. The largest absolute Gasteiger partial charge is 0.366 e.